The maximum absolute atomic E-state index is 13.0. The van der Waals surface area contributed by atoms with Crippen molar-refractivity contribution in [3.63, 3.8) is 0 Å². The molecule has 0 atom stereocenters. The van der Waals surface area contributed by atoms with Crippen LogP contribution in [-0.2, 0) is 25.9 Å². The first-order valence-electron chi connectivity index (χ1n) is 11.5. The number of nitrogens with zero attached hydrogens (tertiary/aromatic N) is 1. The largest absolute Gasteiger partial charge is 0.508 e. The van der Waals surface area contributed by atoms with Gasteiger partial charge in [-0.3, -0.25) is 9.69 Å². The molecule has 0 aliphatic carbocycles. The number of unbranched alkanes of at least 4 members (excludes halogenated alkanes) is 1. The fourth-order valence-electron chi connectivity index (χ4n) is 4.41. The lowest BCUT2D eigenvalue weighted by Crippen LogP contribution is -2.32. The minimum absolute atomic E-state index is 0.0192. The average Bonchev–Trinajstić information content (AvgIpc) is 2.80. The summed E-state index contributed by atoms with van der Waals surface area (Å²) in [6.07, 6.45) is 3.99. The lowest BCUT2D eigenvalue weighted by Gasteiger charge is -2.29. The Labute approximate surface area is 190 Å². The Balaban J connectivity index is 1.33. The number of carbonyl (C=O) groups excluding carboxylic acids is 1. The molecule has 0 aromatic heterocycles. The van der Waals surface area contributed by atoms with Crippen LogP contribution in [0.25, 0.3) is 0 Å². The van der Waals surface area contributed by atoms with Gasteiger partial charge in [0.1, 0.15) is 5.75 Å². The molecule has 4 rings (SSSR count). The van der Waals surface area contributed by atoms with Crippen molar-refractivity contribution in [3.05, 3.63) is 100 Å². The Hall–Kier alpha value is -3.11. The third-order valence-corrected chi connectivity index (χ3v) is 6.21. The van der Waals surface area contributed by atoms with Gasteiger partial charge < -0.3 is 10.4 Å². The number of aromatic hydroxyl groups is 1. The van der Waals surface area contributed by atoms with E-state index in [0.29, 0.717) is 12.3 Å². The molecule has 1 heterocycles. The highest BCUT2D eigenvalue weighted by Gasteiger charge is 2.19. The van der Waals surface area contributed by atoms with Crippen molar-refractivity contribution in [1.82, 2.24) is 10.2 Å². The van der Waals surface area contributed by atoms with Crippen LogP contribution in [0.4, 0.5) is 0 Å². The number of rotatable bonds is 8. The number of hydrogen-bond donors (Lipinski definition) is 2. The molecule has 0 radical (unpaired) electrons. The van der Waals surface area contributed by atoms with Gasteiger partial charge in [0.15, 0.2) is 0 Å². The molecule has 1 amide bonds. The lowest BCUT2D eigenvalue weighted by molar-refractivity contribution is 0.0950. The highest BCUT2D eigenvalue weighted by atomic mass is 16.3. The molecule has 0 bridgehead atoms. The fourth-order valence-corrected chi connectivity index (χ4v) is 4.41. The maximum Gasteiger partial charge on any atom is 0.251 e. The summed E-state index contributed by atoms with van der Waals surface area (Å²) in [5, 5.41) is 12.8. The molecular weight excluding hydrogens is 396 g/mol. The summed E-state index contributed by atoms with van der Waals surface area (Å²) >= 11 is 0. The van der Waals surface area contributed by atoms with Gasteiger partial charge in [0.05, 0.1) is 0 Å². The van der Waals surface area contributed by atoms with Gasteiger partial charge in [0, 0.05) is 31.7 Å². The van der Waals surface area contributed by atoms with Crippen molar-refractivity contribution in [2.24, 2.45) is 0 Å². The van der Waals surface area contributed by atoms with Crippen molar-refractivity contribution in [3.8, 4) is 5.75 Å². The van der Waals surface area contributed by atoms with Gasteiger partial charge in [-0.05, 0) is 73.1 Å². The third kappa shape index (κ3) is 5.77. The molecule has 1 aliphatic rings. The molecule has 2 N–H and O–H groups in total. The van der Waals surface area contributed by atoms with Crippen molar-refractivity contribution < 1.29 is 9.90 Å². The van der Waals surface area contributed by atoms with E-state index in [0.717, 1.165) is 62.0 Å². The van der Waals surface area contributed by atoms with Crippen molar-refractivity contribution in [1.29, 1.82) is 0 Å². The first-order valence-corrected chi connectivity index (χ1v) is 11.5. The van der Waals surface area contributed by atoms with E-state index in [1.165, 1.54) is 16.7 Å². The van der Waals surface area contributed by atoms with E-state index in [9.17, 15) is 9.90 Å². The van der Waals surface area contributed by atoms with Gasteiger partial charge in [-0.15, -0.1) is 0 Å². The minimum Gasteiger partial charge on any atom is -0.508 e. The average molecular weight is 429 g/mol. The second-order valence-corrected chi connectivity index (χ2v) is 8.77. The minimum atomic E-state index is 0.0192. The van der Waals surface area contributed by atoms with E-state index < -0.39 is 0 Å². The van der Waals surface area contributed by atoms with Crippen LogP contribution < -0.4 is 5.32 Å². The molecule has 3 aromatic rings. The molecule has 4 nitrogen and oxygen atoms in total. The van der Waals surface area contributed by atoms with Crippen molar-refractivity contribution in [2.45, 2.75) is 45.7 Å². The molecule has 166 valence electrons. The molecule has 0 unspecified atom stereocenters. The second-order valence-electron chi connectivity index (χ2n) is 8.77. The molecule has 32 heavy (non-hydrogen) atoms. The van der Waals surface area contributed by atoms with E-state index in [4.69, 9.17) is 0 Å². The SMILES string of the molecule is Cc1ccc(CN2CCc3cc(O)ccc3C2)c(C(=O)NCCCCc2ccccc2)c1. The zero-order valence-corrected chi connectivity index (χ0v) is 18.8. The van der Waals surface area contributed by atoms with Crippen LogP contribution >= 0.6 is 0 Å². The Bertz CT molecular complexity index is 1060. The molecule has 0 saturated heterocycles. The Kier molecular flexibility index (Phi) is 7.23. The quantitative estimate of drug-likeness (QED) is 0.496. The molecule has 0 saturated carbocycles. The number of nitrogens with one attached hydrogen (secondary N) is 1. The first kappa shape index (κ1) is 22.1. The monoisotopic (exact) mass is 428 g/mol. The number of phenols is 1. The standard InChI is InChI=1S/C28H32N2O2/c1-21-10-11-25(20-30-16-14-23-18-26(31)13-12-24(23)19-30)27(17-21)28(32)29-15-6-5-9-22-7-3-2-4-8-22/h2-4,7-8,10-13,17-18,31H,5-6,9,14-16,19-20H2,1H3,(H,29,32). The number of benzene rings is 3. The lowest BCUT2D eigenvalue weighted by atomic mass is 9.97. The van der Waals surface area contributed by atoms with Gasteiger partial charge in [-0.2, -0.15) is 0 Å². The summed E-state index contributed by atoms with van der Waals surface area (Å²) in [5.41, 5.74) is 6.77. The van der Waals surface area contributed by atoms with Crippen LogP contribution in [0.1, 0.15) is 51.0 Å². The molecule has 0 fully saturated rings. The number of carbonyl (C=O) groups is 1. The number of phenolic OH excluding ortho intramolecular Hbond substituents is 1. The maximum atomic E-state index is 13.0. The summed E-state index contributed by atoms with van der Waals surface area (Å²) in [4.78, 5) is 15.3. The Morgan fingerprint density at radius 1 is 1.00 bits per heavy atom. The van der Waals surface area contributed by atoms with Gasteiger partial charge in [-0.25, -0.2) is 0 Å². The molecule has 1 aliphatic heterocycles. The fraction of sp³-hybridized carbons (Fsp3) is 0.321. The highest BCUT2D eigenvalue weighted by molar-refractivity contribution is 5.95. The van der Waals surface area contributed by atoms with Gasteiger partial charge in [0.2, 0.25) is 0 Å². The molecule has 0 spiro atoms. The van der Waals surface area contributed by atoms with Crippen LogP contribution in [0.15, 0.2) is 66.7 Å². The normalized spacial score (nSPS) is 13.5. The highest BCUT2D eigenvalue weighted by Crippen LogP contribution is 2.25. The summed E-state index contributed by atoms with van der Waals surface area (Å²) in [6.45, 7) is 5.23. The van der Waals surface area contributed by atoms with E-state index in [1.54, 1.807) is 6.07 Å². The summed E-state index contributed by atoms with van der Waals surface area (Å²) in [6, 6.07) is 22.3. The van der Waals surface area contributed by atoms with Crippen molar-refractivity contribution >= 4 is 5.91 Å². The predicted molar refractivity (Wildman–Crippen MR) is 129 cm³/mol. The summed E-state index contributed by atoms with van der Waals surface area (Å²) < 4.78 is 0. The van der Waals surface area contributed by atoms with Crippen LogP contribution in [0, 0.1) is 6.92 Å². The van der Waals surface area contributed by atoms with Gasteiger partial charge >= 0.3 is 0 Å². The van der Waals surface area contributed by atoms with Crippen LogP contribution in [0.5, 0.6) is 5.75 Å². The van der Waals surface area contributed by atoms with Gasteiger partial charge in [0.25, 0.3) is 5.91 Å². The number of aryl methyl sites for hydroxylation is 2. The number of amides is 1. The van der Waals surface area contributed by atoms with Crippen LogP contribution in [0.3, 0.4) is 0 Å². The van der Waals surface area contributed by atoms with Crippen LogP contribution in [-0.4, -0.2) is 29.0 Å². The Morgan fingerprint density at radius 2 is 1.84 bits per heavy atom. The van der Waals surface area contributed by atoms with Crippen LogP contribution in [0.2, 0.25) is 0 Å². The predicted octanol–water partition coefficient (Wildman–Crippen LogP) is 5.01. The van der Waals surface area contributed by atoms with E-state index >= 15 is 0 Å². The van der Waals surface area contributed by atoms with Gasteiger partial charge in [-0.1, -0.05) is 54.1 Å². The third-order valence-electron chi connectivity index (χ3n) is 6.21. The van der Waals surface area contributed by atoms with Crippen molar-refractivity contribution in [2.75, 3.05) is 13.1 Å². The van der Waals surface area contributed by atoms with E-state index in [1.807, 2.05) is 31.2 Å². The summed E-state index contributed by atoms with van der Waals surface area (Å²) in [7, 11) is 0. The second kappa shape index (κ2) is 10.5. The van der Waals surface area contributed by atoms with E-state index in [-0.39, 0.29) is 5.91 Å². The molecule has 4 heteroatoms. The zero-order valence-electron chi connectivity index (χ0n) is 18.8. The molecule has 3 aromatic carbocycles. The smallest absolute Gasteiger partial charge is 0.251 e. The summed E-state index contributed by atoms with van der Waals surface area (Å²) in [5.74, 6) is 0.351. The van der Waals surface area contributed by atoms with E-state index in [2.05, 4.69) is 46.6 Å². The Morgan fingerprint density at radius 3 is 2.69 bits per heavy atom. The number of hydrogen-bond acceptors (Lipinski definition) is 3. The first-order chi connectivity index (χ1) is 15.6. The number of fused-ring (bicyclic) bond motifs is 1. The zero-order chi connectivity index (χ0) is 22.3. The molecular formula is C28H32N2O2. The topological polar surface area (TPSA) is 52.6 Å².